The van der Waals surface area contributed by atoms with Gasteiger partial charge in [0.05, 0.1) is 13.2 Å². The van der Waals surface area contributed by atoms with Crippen LogP contribution in [0.5, 0.6) is 11.5 Å². The molecule has 2 rings (SSSR count). The second-order valence-electron chi connectivity index (χ2n) is 5.52. The third-order valence-electron chi connectivity index (χ3n) is 3.00. The molecular formula is C14H20BrNO2. The van der Waals surface area contributed by atoms with Gasteiger partial charge in [-0.05, 0) is 37.1 Å². The molecule has 0 saturated heterocycles. The van der Waals surface area contributed by atoms with Crippen molar-refractivity contribution in [3.8, 4) is 11.5 Å². The van der Waals surface area contributed by atoms with Gasteiger partial charge in [0.25, 0.3) is 0 Å². The third kappa shape index (κ3) is 3.18. The molecule has 0 atom stereocenters. The number of aryl methyl sites for hydroxylation is 1. The predicted molar refractivity (Wildman–Crippen MR) is 76.3 cm³/mol. The summed E-state index contributed by atoms with van der Waals surface area (Å²) in [4.78, 5) is 0. The molecule has 100 valence electrons. The molecule has 1 aliphatic rings. The molecule has 0 bridgehead atoms. The summed E-state index contributed by atoms with van der Waals surface area (Å²) in [5.74, 6) is 1.67. The highest BCUT2D eigenvalue weighted by Crippen LogP contribution is 2.38. The van der Waals surface area contributed by atoms with Crippen LogP contribution in [0, 0.1) is 5.41 Å². The van der Waals surface area contributed by atoms with E-state index in [9.17, 15) is 0 Å². The molecule has 4 heteroatoms. The molecule has 0 saturated carbocycles. The maximum absolute atomic E-state index is 5.86. The first-order valence-electron chi connectivity index (χ1n) is 6.30. The van der Waals surface area contributed by atoms with Gasteiger partial charge in [-0.15, -0.1) is 0 Å². The summed E-state index contributed by atoms with van der Waals surface area (Å²) < 4.78 is 12.8. The molecule has 0 spiro atoms. The lowest BCUT2D eigenvalue weighted by Gasteiger charge is -2.19. The van der Waals surface area contributed by atoms with Crippen molar-refractivity contribution in [1.82, 2.24) is 0 Å². The van der Waals surface area contributed by atoms with Crippen LogP contribution in [0.3, 0.4) is 0 Å². The van der Waals surface area contributed by atoms with E-state index in [0.29, 0.717) is 19.8 Å². The highest BCUT2D eigenvalue weighted by Gasteiger charge is 2.25. The number of nitrogens with two attached hydrogens (primary N) is 1. The van der Waals surface area contributed by atoms with Gasteiger partial charge in [-0.1, -0.05) is 29.8 Å². The van der Waals surface area contributed by atoms with E-state index < -0.39 is 0 Å². The minimum absolute atomic E-state index is 0.0446. The first kappa shape index (κ1) is 13.7. The Morgan fingerprint density at radius 2 is 1.83 bits per heavy atom. The van der Waals surface area contributed by atoms with Crippen molar-refractivity contribution in [3.63, 3.8) is 0 Å². The lowest BCUT2D eigenvalue weighted by molar-refractivity contribution is 0.140. The molecule has 3 nitrogen and oxygen atoms in total. The Bertz CT molecular complexity index is 432. The Labute approximate surface area is 117 Å². The van der Waals surface area contributed by atoms with Crippen LogP contribution in [0.1, 0.15) is 25.8 Å². The standard InChI is InChI=1S/C14H20BrNO2/c1-14(2)8-17-12-6-10(4-3-5-16)11(15)7-13(12)18-9-14/h6-7H,3-5,8-9,16H2,1-2H3. The summed E-state index contributed by atoms with van der Waals surface area (Å²) in [7, 11) is 0. The summed E-state index contributed by atoms with van der Waals surface area (Å²) in [6.07, 6.45) is 1.93. The Balaban J connectivity index is 2.24. The van der Waals surface area contributed by atoms with E-state index in [0.717, 1.165) is 28.8 Å². The van der Waals surface area contributed by atoms with E-state index in [1.807, 2.05) is 6.07 Å². The van der Waals surface area contributed by atoms with Crippen molar-refractivity contribution < 1.29 is 9.47 Å². The molecule has 0 unspecified atom stereocenters. The topological polar surface area (TPSA) is 44.5 Å². The van der Waals surface area contributed by atoms with Crippen molar-refractivity contribution in [2.45, 2.75) is 26.7 Å². The molecule has 0 aromatic heterocycles. The fraction of sp³-hybridized carbons (Fsp3) is 0.571. The lowest BCUT2D eigenvalue weighted by Crippen LogP contribution is -2.26. The number of hydrogen-bond acceptors (Lipinski definition) is 3. The van der Waals surface area contributed by atoms with Crippen LogP contribution >= 0.6 is 15.9 Å². The first-order chi connectivity index (χ1) is 8.52. The van der Waals surface area contributed by atoms with Crippen LogP contribution in [0.15, 0.2) is 16.6 Å². The third-order valence-corrected chi connectivity index (χ3v) is 3.74. The van der Waals surface area contributed by atoms with Crippen LogP contribution in [0.2, 0.25) is 0 Å². The summed E-state index contributed by atoms with van der Waals surface area (Å²) in [6, 6.07) is 4.07. The van der Waals surface area contributed by atoms with Gasteiger partial charge in [-0.25, -0.2) is 0 Å². The summed E-state index contributed by atoms with van der Waals surface area (Å²) in [5, 5.41) is 0. The fourth-order valence-corrected chi connectivity index (χ4v) is 2.40. The van der Waals surface area contributed by atoms with Crippen LogP contribution in [-0.2, 0) is 6.42 Å². The Morgan fingerprint density at radius 1 is 1.22 bits per heavy atom. The van der Waals surface area contributed by atoms with E-state index in [-0.39, 0.29) is 5.41 Å². The summed E-state index contributed by atoms with van der Waals surface area (Å²) >= 11 is 3.58. The number of hydrogen-bond donors (Lipinski definition) is 1. The molecule has 0 aliphatic carbocycles. The minimum Gasteiger partial charge on any atom is -0.489 e. The van der Waals surface area contributed by atoms with E-state index in [1.165, 1.54) is 5.56 Å². The summed E-state index contributed by atoms with van der Waals surface area (Å²) in [5.41, 5.74) is 6.82. The van der Waals surface area contributed by atoms with Crippen LogP contribution < -0.4 is 15.2 Å². The minimum atomic E-state index is 0.0446. The van der Waals surface area contributed by atoms with Gasteiger partial charge in [0.1, 0.15) is 0 Å². The van der Waals surface area contributed by atoms with E-state index in [1.54, 1.807) is 0 Å². The second-order valence-corrected chi connectivity index (χ2v) is 6.38. The first-order valence-corrected chi connectivity index (χ1v) is 7.09. The van der Waals surface area contributed by atoms with Crippen LogP contribution in [-0.4, -0.2) is 19.8 Å². The highest BCUT2D eigenvalue weighted by molar-refractivity contribution is 9.10. The number of benzene rings is 1. The molecule has 0 amide bonds. The maximum atomic E-state index is 5.86. The molecule has 2 N–H and O–H groups in total. The van der Waals surface area contributed by atoms with E-state index in [4.69, 9.17) is 15.2 Å². The maximum Gasteiger partial charge on any atom is 0.162 e. The predicted octanol–water partition coefficient (Wildman–Crippen LogP) is 3.14. The van der Waals surface area contributed by atoms with Gasteiger partial charge in [-0.3, -0.25) is 0 Å². The molecule has 0 radical (unpaired) electrons. The Morgan fingerprint density at radius 3 is 2.44 bits per heavy atom. The molecule has 1 aromatic rings. The van der Waals surface area contributed by atoms with Crippen molar-refractivity contribution >= 4 is 15.9 Å². The van der Waals surface area contributed by atoms with Gasteiger partial charge in [-0.2, -0.15) is 0 Å². The average molecular weight is 314 g/mol. The number of fused-ring (bicyclic) bond motifs is 1. The zero-order chi connectivity index (χ0) is 13.2. The zero-order valence-corrected chi connectivity index (χ0v) is 12.5. The van der Waals surface area contributed by atoms with Crippen molar-refractivity contribution in [3.05, 3.63) is 22.2 Å². The molecule has 1 aromatic carbocycles. The Hall–Kier alpha value is -0.740. The van der Waals surface area contributed by atoms with Gasteiger partial charge in [0.15, 0.2) is 11.5 Å². The number of halogens is 1. The van der Waals surface area contributed by atoms with Gasteiger partial charge < -0.3 is 15.2 Å². The number of rotatable bonds is 3. The van der Waals surface area contributed by atoms with E-state index in [2.05, 4.69) is 35.8 Å². The zero-order valence-electron chi connectivity index (χ0n) is 11.0. The lowest BCUT2D eigenvalue weighted by atomic mass is 9.97. The van der Waals surface area contributed by atoms with Crippen molar-refractivity contribution in [2.75, 3.05) is 19.8 Å². The molecule has 18 heavy (non-hydrogen) atoms. The SMILES string of the molecule is CC1(C)COc2cc(Br)c(CCCN)cc2OC1. The second kappa shape index (κ2) is 5.49. The smallest absolute Gasteiger partial charge is 0.162 e. The largest absolute Gasteiger partial charge is 0.489 e. The van der Waals surface area contributed by atoms with Crippen LogP contribution in [0.4, 0.5) is 0 Å². The molecule has 0 fully saturated rings. The van der Waals surface area contributed by atoms with Crippen LogP contribution in [0.25, 0.3) is 0 Å². The van der Waals surface area contributed by atoms with Gasteiger partial charge in [0.2, 0.25) is 0 Å². The molecule has 1 aliphatic heterocycles. The molecular weight excluding hydrogens is 294 g/mol. The average Bonchev–Trinajstić information content (AvgIpc) is 2.46. The monoisotopic (exact) mass is 313 g/mol. The number of ether oxygens (including phenoxy) is 2. The fourth-order valence-electron chi connectivity index (χ4n) is 1.87. The summed E-state index contributed by atoms with van der Waals surface area (Å²) in [6.45, 7) is 6.34. The van der Waals surface area contributed by atoms with Crippen molar-refractivity contribution in [2.24, 2.45) is 11.1 Å². The molecule has 1 heterocycles. The highest BCUT2D eigenvalue weighted by atomic mass is 79.9. The van der Waals surface area contributed by atoms with Crippen molar-refractivity contribution in [1.29, 1.82) is 0 Å². The Kier molecular flexibility index (Phi) is 4.17. The van der Waals surface area contributed by atoms with E-state index >= 15 is 0 Å². The van der Waals surface area contributed by atoms with Gasteiger partial charge in [0, 0.05) is 9.89 Å². The normalized spacial score (nSPS) is 17.3. The van der Waals surface area contributed by atoms with Gasteiger partial charge >= 0.3 is 0 Å². The quantitative estimate of drug-likeness (QED) is 0.932.